The Bertz CT molecular complexity index is 928. The van der Waals surface area contributed by atoms with Crippen LogP contribution in [0.2, 0.25) is 0 Å². The number of hydrogen-bond donors (Lipinski definition) is 2. The number of methoxy groups -OCH3 is 1. The number of nitrogens with zero attached hydrogens (tertiary/aromatic N) is 1. The molecule has 0 aliphatic carbocycles. The maximum atomic E-state index is 14.0. The molecule has 2 atom stereocenters. The highest BCUT2D eigenvalue weighted by Crippen LogP contribution is 2.31. The number of carbonyl (C=O) groups is 2. The number of rotatable bonds is 9. The maximum Gasteiger partial charge on any atom is 0.254 e. The molecule has 172 valence electrons. The van der Waals surface area contributed by atoms with Crippen LogP contribution in [0.1, 0.15) is 48.7 Å². The molecule has 0 radical (unpaired) electrons. The predicted octanol–water partition coefficient (Wildman–Crippen LogP) is 3.54. The molecule has 0 spiro atoms. The molecule has 32 heavy (non-hydrogen) atoms. The Labute approximate surface area is 189 Å². The first kappa shape index (κ1) is 23.7. The van der Waals surface area contributed by atoms with Crippen LogP contribution in [0.25, 0.3) is 0 Å². The number of likely N-dealkylation sites (tertiary alicyclic amines) is 1. The first-order valence-electron chi connectivity index (χ1n) is 11.1. The van der Waals surface area contributed by atoms with Crippen LogP contribution in [0.5, 0.6) is 5.75 Å². The normalized spacial score (nSPS) is 15.9. The van der Waals surface area contributed by atoms with E-state index in [0.717, 1.165) is 37.2 Å². The van der Waals surface area contributed by atoms with Gasteiger partial charge in [-0.3, -0.25) is 14.5 Å². The fraction of sp³-hybridized carbons (Fsp3) is 0.440. The molecule has 1 fully saturated rings. The summed E-state index contributed by atoms with van der Waals surface area (Å²) < 4.78 is 19.6. The Morgan fingerprint density at radius 2 is 1.72 bits per heavy atom. The van der Waals surface area contributed by atoms with E-state index in [1.54, 1.807) is 13.2 Å². The lowest BCUT2D eigenvalue weighted by Crippen LogP contribution is -2.51. The van der Waals surface area contributed by atoms with E-state index in [4.69, 9.17) is 4.74 Å². The molecule has 2 aromatic rings. The summed E-state index contributed by atoms with van der Waals surface area (Å²) in [4.78, 5) is 28.0. The largest absolute Gasteiger partial charge is 0.496 e. The Morgan fingerprint density at radius 3 is 2.38 bits per heavy atom. The molecule has 3 rings (SSSR count). The predicted molar refractivity (Wildman–Crippen MR) is 122 cm³/mol. The molecule has 6 nitrogen and oxygen atoms in total. The lowest BCUT2D eigenvalue weighted by atomic mass is 10.0. The highest BCUT2D eigenvalue weighted by molar-refractivity contribution is 5.97. The summed E-state index contributed by atoms with van der Waals surface area (Å²) in [5.74, 6) is -0.881. The summed E-state index contributed by atoms with van der Waals surface area (Å²) in [7, 11) is 1.64. The van der Waals surface area contributed by atoms with Crippen molar-refractivity contribution in [1.82, 2.24) is 15.5 Å². The van der Waals surface area contributed by atoms with Crippen molar-refractivity contribution >= 4 is 11.8 Å². The number of ether oxygens (including phenoxy) is 1. The monoisotopic (exact) mass is 441 g/mol. The molecule has 7 heteroatoms. The van der Waals surface area contributed by atoms with E-state index in [-0.39, 0.29) is 23.4 Å². The van der Waals surface area contributed by atoms with Gasteiger partial charge in [-0.2, -0.15) is 0 Å². The van der Waals surface area contributed by atoms with Crippen LogP contribution < -0.4 is 15.4 Å². The Morgan fingerprint density at radius 1 is 1.06 bits per heavy atom. The van der Waals surface area contributed by atoms with Gasteiger partial charge in [0.1, 0.15) is 17.6 Å². The average molecular weight is 442 g/mol. The molecule has 1 aliphatic heterocycles. The highest BCUT2D eigenvalue weighted by atomic mass is 19.1. The van der Waals surface area contributed by atoms with Gasteiger partial charge in [0.15, 0.2) is 0 Å². The fourth-order valence-corrected chi connectivity index (χ4v) is 4.14. The fourth-order valence-electron chi connectivity index (χ4n) is 4.14. The third-order valence-corrected chi connectivity index (χ3v) is 5.90. The summed E-state index contributed by atoms with van der Waals surface area (Å²) in [5.41, 5.74) is 0.948. The minimum Gasteiger partial charge on any atom is -0.496 e. The third-order valence-electron chi connectivity index (χ3n) is 5.90. The van der Waals surface area contributed by atoms with E-state index in [1.165, 1.54) is 18.2 Å². The van der Waals surface area contributed by atoms with Gasteiger partial charge in [0.2, 0.25) is 5.91 Å². The molecule has 1 heterocycles. The zero-order chi connectivity index (χ0) is 23.1. The summed E-state index contributed by atoms with van der Waals surface area (Å²) in [6.07, 6.45) is 2.24. The van der Waals surface area contributed by atoms with E-state index in [9.17, 15) is 14.0 Å². The molecule has 2 aromatic carbocycles. The molecule has 2 N–H and O–H groups in total. The first-order chi connectivity index (χ1) is 15.4. The zero-order valence-corrected chi connectivity index (χ0v) is 18.9. The van der Waals surface area contributed by atoms with E-state index < -0.39 is 17.8 Å². The summed E-state index contributed by atoms with van der Waals surface area (Å²) in [5, 5.41) is 5.72. The van der Waals surface area contributed by atoms with Crippen molar-refractivity contribution in [3.05, 3.63) is 65.5 Å². The number of nitrogens with one attached hydrogen (secondary N) is 2. The van der Waals surface area contributed by atoms with Gasteiger partial charge in [-0.25, -0.2) is 4.39 Å². The number of hydrogen-bond acceptors (Lipinski definition) is 4. The zero-order valence-electron chi connectivity index (χ0n) is 18.9. The summed E-state index contributed by atoms with van der Waals surface area (Å²) in [6, 6.07) is 12.8. The molecule has 0 bridgehead atoms. The molecule has 0 aromatic heterocycles. The number of benzene rings is 2. The second-order valence-electron chi connectivity index (χ2n) is 8.42. The van der Waals surface area contributed by atoms with Gasteiger partial charge in [-0.15, -0.1) is 0 Å². The number of halogens is 1. The van der Waals surface area contributed by atoms with Gasteiger partial charge in [0, 0.05) is 12.1 Å². The van der Waals surface area contributed by atoms with Crippen LogP contribution in [0.4, 0.5) is 4.39 Å². The van der Waals surface area contributed by atoms with Gasteiger partial charge in [-0.1, -0.05) is 44.2 Å². The minimum atomic E-state index is -0.779. The highest BCUT2D eigenvalue weighted by Gasteiger charge is 2.29. The smallest absolute Gasteiger partial charge is 0.254 e. The van der Waals surface area contributed by atoms with E-state index in [1.807, 2.05) is 38.1 Å². The van der Waals surface area contributed by atoms with Crippen LogP contribution in [0.15, 0.2) is 48.5 Å². The van der Waals surface area contributed by atoms with Gasteiger partial charge >= 0.3 is 0 Å². The van der Waals surface area contributed by atoms with Crippen LogP contribution in [-0.4, -0.2) is 49.5 Å². The maximum absolute atomic E-state index is 14.0. The first-order valence-corrected chi connectivity index (χ1v) is 11.1. The molecule has 0 saturated carbocycles. The molecule has 2 amide bonds. The number of carbonyl (C=O) groups excluding carboxylic acids is 2. The third kappa shape index (κ3) is 5.65. The molecular formula is C25H32FN3O3. The Balaban J connectivity index is 1.73. The molecule has 1 saturated heterocycles. The van der Waals surface area contributed by atoms with E-state index in [0.29, 0.717) is 6.54 Å². The average Bonchev–Trinajstić information content (AvgIpc) is 3.32. The van der Waals surface area contributed by atoms with E-state index >= 15 is 0 Å². The summed E-state index contributed by atoms with van der Waals surface area (Å²) in [6.45, 7) is 6.00. The standard InChI is InChI=1S/C25H32FN3O3/c1-17(2)23(28-24(30)18-10-4-6-12-20(18)26)25(31)27-16-21(29-14-8-9-15-29)19-11-5-7-13-22(19)32-3/h4-7,10-13,17,21,23H,8-9,14-16H2,1-3H3,(H,27,31)(H,28,30)/t21-,23-/m0/s1. The molecule has 0 unspecified atom stereocenters. The van der Waals surface area contributed by atoms with Gasteiger partial charge in [-0.05, 0) is 50.0 Å². The van der Waals surface area contributed by atoms with Crippen molar-refractivity contribution in [2.24, 2.45) is 5.92 Å². The van der Waals surface area contributed by atoms with Crippen LogP contribution >= 0.6 is 0 Å². The minimum absolute atomic E-state index is 0.0346. The van der Waals surface area contributed by atoms with Gasteiger partial charge in [0.05, 0.1) is 18.7 Å². The van der Waals surface area contributed by atoms with Crippen molar-refractivity contribution in [3.8, 4) is 5.75 Å². The van der Waals surface area contributed by atoms with Crippen LogP contribution in [-0.2, 0) is 4.79 Å². The van der Waals surface area contributed by atoms with Crippen molar-refractivity contribution in [1.29, 1.82) is 0 Å². The second-order valence-corrected chi connectivity index (χ2v) is 8.42. The van der Waals surface area contributed by atoms with Crippen molar-refractivity contribution in [2.75, 3.05) is 26.7 Å². The van der Waals surface area contributed by atoms with Gasteiger partial charge < -0.3 is 15.4 Å². The number of para-hydroxylation sites is 1. The topological polar surface area (TPSA) is 70.7 Å². The summed E-state index contributed by atoms with van der Waals surface area (Å²) >= 11 is 0. The number of amides is 2. The SMILES string of the molecule is COc1ccccc1[C@H](CNC(=O)[C@@H](NC(=O)c1ccccc1F)C(C)C)N1CCCC1. The Hall–Kier alpha value is -2.93. The van der Waals surface area contributed by atoms with E-state index in [2.05, 4.69) is 15.5 Å². The lowest BCUT2D eigenvalue weighted by Gasteiger charge is -2.30. The van der Waals surface area contributed by atoms with Crippen molar-refractivity contribution in [2.45, 2.75) is 38.8 Å². The van der Waals surface area contributed by atoms with Gasteiger partial charge in [0.25, 0.3) is 5.91 Å². The second kappa shape index (κ2) is 11.1. The van der Waals surface area contributed by atoms with Crippen molar-refractivity contribution < 1.29 is 18.7 Å². The molecule has 1 aliphatic rings. The van der Waals surface area contributed by atoms with Crippen molar-refractivity contribution in [3.63, 3.8) is 0 Å². The quantitative estimate of drug-likeness (QED) is 0.625. The lowest BCUT2D eigenvalue weighted by molar-refractivity contribution is -0.124. The molecular weight excluding hydrogens is 409 g/mol. The Kier molecular flexibility index (Phi) is 8.22. The van der Waals surface area contributed by atoms with Crippen LogP contribution in [0, 0.1) is 11.7 Å². The van der Waals surface area contributed by atoms with Crippen LogP contribution in [0.3, 0.4) is 0 Å².